The van der Waals surface area contributed by atoms with E-state index in [9.17, 15) is 16.8 Å². The Hall–Kier alpha value is -6.65. The van der Waals surface area contributed by atoms with E-state index in [4.69, 9.17) is 27.6 Å². The highest BCUT2D eigenvalue weighted by molar-refractivity contribution is 7.89. The van der Waals surface area contributed by atoms with Gasteiger partial charge in [0, 0.05) is 31.2 Å². The predicted molar refractivity (Wildman–Crippen MR) is 217 cm³/mol. The molecular formula is C34H31BClN14O4S2. The van der Waals surface area contributed by atoms with Crippen LogP contribution in [0, 0.1) is 0 Å². The van der Waals surface area contributed by atoms with Gasteiger partial charge in [0.05, 0.1) is 33.0 Å². The SMILES string of the molecule is Clc1nc(Nc2ccccc2)c2cn[nH]c2n1.NS(=O)(=O)c1ccc(Nc2nc(Nc3ccccc3)c3cn[nH]c3n2)cc1.Nc1ccc(S(N)(=O)=O)cc1.[B]. The lowest BCUT2D eigenvalue weighted by molar-refractivity contribution is 0.596. The summed E-state index contributed by atoms with van der Waals surface area (Å²) in [5.74, 6) is 1.55. The smallest absolute Gasteiger partial charge is 0.238 e. The molecule has 8 rings (SSSR count). The number of nitrogens with zero attached hydrogens (tertiary/aromatic N) is 6. The second kappa shape index (κ2) is 17.7. The highest BCUT2D eigenvalue weighted by Gasteiger charge is 2.12. The monoisotopic (exact) mass is 809 g/mol. The zero-order chi connectivity index (χ0) is 39.0. The summed E-state index contributed by atoms with van der Waals surface area (Å²) in [6.45, 7) is 0. The van der Waals surface area contributed by atoms with Crippen LogP contribution in [0.25, 0.3) is 22.1 Å². The number of nitrogen functional groups attached to an aromatic ring is 1. The molecule has 0 bridgehead atoms. The number of rotatable bonds is 8. The van der Waals surface area contributed by atoms with Gasteiger partial charge in [-0.3, -0.25) is 10.2 Å². The van der Waals surface area contributed by atoms with E-state index in [2.05, 4.69) is 56.3 Å². The van der Waals surface area contributed by atoms with Crippen molar-refractivity contribution in [1.29, 1.82) is 0 Å². The first-order chi connectivity index (χ1) is 26.3. The van der Waals surface area contributed by atoms with Gasteiger partial charge in [-0.05, 0) is 84.4 Å². The van der Waals surface area contributed by atoms with Crippen LogP contribution in [0.15, 0.2) is 131 Å². The normalized spacial score (nSPS) is 11.0. The molecule has 0 aliphatic carbocycles. The second-order valence-corrected chi connectivity index (χ2v) is 14.8. The number of aromatic nitrogens is 8. The van der Waals surface area contributed by atoms with E-state index in [1.165, 1.54) is 36.4 Å². The minimum absolute atomic E-state index is 0. The quantitative estimate of drug-likeness (QED) is 0.0583. The number of anilines is 7. The summed E-state index contributed by atoms with van der Waals surface area (Å²) >= 11 is 5.84. The molecule has 283 valence electrons. The third kappa shape index (κ3) is 10.7. The van der Waals surface area contributed by atoms with Crippen molar-refractivity contribution in [3.8, 4) is 0 Å². The van der Waals surface area contributed by atoms with Crippen molar-refractivity contribution in [2.45, 2.75) is 9.79 Å². The summed E-state index contributed by atoms with van der Waals surface area (Å²) in [5, 5.41) is 34.7. The molecule has 0 aliphatic rings. The van der Waals surface area contributed by atoms with E-state index in [0.29, 0.717) is 40.3 Å². The van der Waals surface area contributed by atoms with E-state index in [0.717, 1.165) is 22.1 Å². The topological polar surface area (TPSA) is 291 Å². The number of nitrogens with two attached hydrogens (primary N) is 3. The van der Waals surface area contributed by atoms with E-state index >= 15 is 0 Å². The highest BCUT2D eigenvalue weighted by Crippen LogP contribution is 2.26. The molecule has 0 unspecified atom stereocenters. The number of nitrogens with one attached hydrogen (secondary N) is 5. The van der Waals surface area contributed by atoms with Crippen molar-refractivity contribution < 1.29 is 16.8 Å². The number of para-hydroxylation sites is 2. The maximum Gasteiger partial charge on any atom is 0.238 e. The lowest BCUT2D eigenvalue weighted by Gasteiger charge is -2.10. The molecule has 8 aromatic rings. The van der Waals surface area contributed by atoms with E-state index in [1.54, 1.807) is 24.5 Å². The van der Waals surface area contributed by atoms with Gasteiger partial charge in [-0.1, -0.05) is 36.4 Å². The summed E-state index contributed by atoms with van der Waals surface area (Å²) in [4.78, 5) is 17.2. The summed E-state index contributed by atoms with van der Waals surface area (Å²) < 4.78 is 44.1. The maximum absolute atomic E-state index is 11.4. The summed E-state index contributed by atoms with van der Waals surface area (Å²) in [5.41, 5.74) is 9.45. The number of primary sulfonamides is 2. The van der Waals surface area contributed by atoms with Crippen molar-refractivity contribution in [3.63, 3.8) is 0 Å². The molecular weight excluding hydrogens is 779 g/mol. The van der Waals surface area contributed by atoms with E-state index in [-0.39, 0.29) is 23.5 Å². The zero-order valence-corrected chi connectivity index (χ0v) is 31.3. The minimum Gasteiger partial charge on any atom is -0.399 e. The van der Waals surface area contributed by atoms with Crippen LogP contribution in [0.3, 0.4) is 0 Å². The van der Waals surface area contributed by atoms with Gasteiger partial charge in [0.1, 0.15) is 11.6 Å². The Balaban J connectivity index is 0.000000177. The Morgan fingerprint density at radius 2 is 0.964 bits per heavy atom. The molecule has 4 aromatic heterocycles. The fourth-order valence-electron chi connectivity index (χ4n) is 4.72. The number of sulfonamides is 2. The third-order valence-corrected chi connectivity index (χ3v) is 9.34. The second-order valence-electron chi connectivity index (χ2n) is 11.3. The molecule has 56 heavy (non-hydrogen) atoms. The Kier molecular flexibility index (Phi) is 12.8. The molecule has 0 aliphatic heterocycles. The Labute approximate surface area is 327 Å². The van der Waals surface area contributed by atoms with Crippen molar-refractivity contribution in [1.82, 2.24) is 40.3 Å². The van der Waals surface area contributed by atoms with Gasteiger partial charge in [-0.2, -0.15) is 30.1 Å². The first kappa shape index (κ1) is 40.5. The maximum atomic E-state index is 11.4. The largest absolute Gasteiger partial charge is 0.399 e. The third-order valence-electron chi connectivity index (χ3n) is 7.31. The number of benzene rings is 4. The Morgan fingerprint density at radius 1 is 0.536 bits per heavy atom. The van der Waals surface area contributed by atoms with Crippen molar-refractivity contribution in [2.24, 2.45) is 10.3 Å². The Morgan fingerprint density at radius 3 is 1.45 bits per heavy atom. The number of aromatic amines is 2. The predicted octanol–water partition coefficient (Wildman–Crippen LogP) is 4.77. The minimum atomic E-state index is -3.74. The highest BCUT2D eigenvalue weighted by atomic mass is 35.5. The summed E-state index contributed by atoms with van der Waals surface area (Å²) in [6.07, 6.45) is 3.31. The zero-order valence-electron chi connectivity index (χ0n) is 28.9. The van der Waals surface area contributed by atoms with Crippen molar-refractivity contribution >= 4 is 102 Å². The molecule has 0 amide bonds. The molecule has 22 heteroatoms. The molecule has 0 spiro atoms. The lowest BCUT2D eigenvalue weighted by atomic mass is 10.3. The molecule has 0 saturated heterocycles. The van der Waals surface area contributed by atoms with Crippen LogP contribution in [-0.4, -0.2) is 65.6 Å². The van der Waals surface area contributed by atoms with E-state index in [1.807, 2.05) is 60.7 Å². The van der Waals surface area contributed by atoms with Gasteiger partial charge in [-0.15, -0.1) is 0 Å². The van der Waals surface area contributed by atoms with Crippen LogP contribution in [0.2, 0.25) is 5.28 Å². The van der Waals surface area contributed by atoms with Gasteiger partial charge in [0.25, 0.3) is 0 Å². The van der Waals surface area contributed by atoms with Crippen LogP contribution >= 0.6 is 11.6 Å². The summed E-state index contributed by atoms with van der Waals surface area (Å²) in [6, 6.07) is 31.0. The van der Waals surface area contributed by atoms with Gasteiger partial charge >= 0.3 is 0 Å². The first-order valence-corrected chi connectivity index (χ1v) is 19.3. The van der Waals surface area contributed by atoms with Gasteiger partial charge in [-0.25, -0.2) is 27.1 Å². The average molecular weight is 810 g/mol. The lowest BCUT2D eigenvalue weighted by Crippen LogP contribution is -2.11. The first-order valence-electron chi connectivity index (χ1n) is 15.8. The van der Waals surface area contributed by atoms with Crippen molar-refractivity contribution in [2.75, 3.05) is 21.7 Å². The van der Waals surface area contributed by atoms with E-state index < -0.39 is 20.0 Å². The number of fused-ring (bicyclic) bond motifs is 2. The average Bonchev–Trinajstić information content (AvgIpc) is 3.83. The van der Waals surface area contributed by atoms with Gasteiger partial charge in [0.15, 0.2) is 11.3 Å². The molecule has 3 radical (unpaired) electrons. The number of halogens is 1. The van der Waals surface area contributed by atoms with Crippen LogP contribution < -0.4 is 32.0 Å². The van der Waals surface area contributed by atoms with Crippen molar-refractivity contribution in [3.05, 3.63) is 127 Å². The van der Waals surface area contributed by atoms with Gasteiger partial charge in [0.2, 0.25) is 31.3 Å². The molecule has 0 fully saturated rings. The molecule has 0 atom stereocenters. The number of hydrogen-bond acceptors (Lipinski definition) is 14. The fraction of sp³-hybridized carbons (Fsp3) is 0. The fourth-order valence-corrected chi connectivity index (χ4v) is 5.92. The molecule has 0 saturated carbocycles. The molecule has 4 aromatic carbocycles. The standard InChI is InChI=1S/C17H15N7O2S.C11H8ClN5.C6H8N2O2S.B/c18-27(25,26)13-8-6-12(7-9-13)21-17-22-15(14-10-19-24-16(14)23-17)20-11-4-2-1-3-5-11;12-11-15-9(8-6-13-17-10(8)16-11)14-7-4-2-1-3-5-7;7-5-1-3-6(4-2-5)11(8,9)10;/h1-10H,(H2,18,25,26)(H3,19,20,21,22,23,24);1-6H,(H2,13,14,15,16,17);1-4H,7H2,(H2,8,9,10);. The van der Waals surface area contributed by atoms with Gasteiger partial charge < -0.3 is 21.7 Å². The molecule has 4 heterocycles. The van der Waals surface area contributed by atoms with Crippen LogP contribution in [-0.2, 0) is 20.0 Å². The molecule has 11 N–H and O–H groups in total. The number of hydrogen-bond donors (Lipinski definition) is 8. The number of H-pyrrole nitrogens is 2. The Bertz CT molecular complexity index is 2760. The van der Waals surface area contributed by atoms with Crippen LogP contribution in [0.4, 0.5) is 40.3 Å². The van der Waals surface area contributed by atoms with Crippen LogP contribution in [0.1, 0.15) is 0 Å². The molecule has 18 nitrogen and oxygen atoms in total. The summed E-state index contributed by atoms with van der Waals surface area (Å²) in [7, 11) is -7.31. The van der Waals surface area contributed by atoms with Crippen LogP contribution in [0.5, 0.6) is 0 Å².